The largest absolute Gasteiger partial charge is 0.496 e. The first kappa shape index (κ1) is 22.3. The third-order valence-corrected chi connectivity index (χ3v) is 6.31. The Kier molecular flexibility index (Phi) is 6.50. The van der Waals surface area contributed by atoms with E-state index < -0.39 is 11.9 Å². The molecule has 164 valence electrons. The lowest BCUT2D eigenvalue weighted by atomic mass is 10.1. The molecule has 0 radical (unpaired) electrons. The molecule has 32 heavy (non-hydrogen) atoms. The lowest BCUT2D eigenvalue weighted by Gasteiger charge is -2.08. The van der Waals surface area contributed by atoms with E-state index in [0.717, 1.165) is 10.8 Å². The highest BCUT2D eigenvalue weighted by atomic mass is 35.5. The van der Waals surface area contributed by atoms with Gasteiger partial charge in [-0.25, -0.2) is 0 Å². The van der Waals surface area contributed by atoms with Gasteiger partial charge in [0.2, 0.25) is 0 Å². The number of hydrogen-bond acceptors (Lipinski definition) is 5. The first-order valence-electron chi connectivity index (χ1n) is 9.71. The van der Waals surface area contributed by atoms with Crippen LogP contribution < -0.4 is 9.54 Å². The van der Waals surface area contributed by atoms with Gasteiger partial charge in [0.1, 0.15) is 12.3 Å². The van der Waals surface area contributed by atoms with Crippen LogP contribution in [0.3, 0.4) is 0 Å². The zero-order chi connectivity index (χ0) is 22.8. The number of thiazole rings is 1. The average Bonchev–Trinajstić information content (AvgIpc) is 3.09. The fourth-order valence-corrected chi connectivity index (χ4v) is 5.21. The molecule has 3 aromatic carbocycles. The molecule has 0 aliphatic rings. The number of halogens is 2. The molecule has 4 rings (SSSR count). The minimum Gasteiger partial charge on any atom is -0.496 e. The van der Waals surface area contributed by atoms with Crippen molar-refractivity contribution in [3.05, 3.63) is 68.9 Å². The maximum Gasteiger partial charge on any atom is 0.326 e. The number of rotatable bonds is 5. The van der Waals surface area contributed by atoms with Gasteiger partial charge in [-0.1, -0.05) is 58.8 Å². The number of carbonyl (C=O) groups excluding carboxylic acids is 2. The Balaban J connectivity index is 1.89. The van der Waals surface area contributed by atoms with Gasteiger partial charge in [-0.3, -0.25) is 9.59 Å². The highest BCUT2D eigenvalue weighted by Gasteiger charge is 2.18. The summed E-state index contributed by atoms with van der Waals surface area (Å²) in [5.41, 5.74) is 0.876. The van der Waals surface area contributed by atoms with E-state index in [0.29, 0.717) is 36.4 Å². The Hall–Kier alpha value is -2.87. The van der Waals surface area contributed by atoms with Gasteiger partial charge in [-0.15, -0.1) is 0 Å². The zero-order valence-corrected chi connectivity index (χ0v) is 19.6. The van der Waals surface area contributed by atoms with E-state index in [2.05, 4.69) is 4.99 Å². The van der Waals surface area contributed by atoms with Crippen molar-refractivity contribution in [3.8, 4) is 5.75 Å². The van der Waals surface area contributed by atoms with Crippen LogP contribution in [0, 0.1) is 0 Å². The minimum absolute atomic E-state index is 0.143. The standard InChI is InChI=1S/C23H18Cl2N2O4S/c1-3-31-20(28)12-27-21-17(25)10-15(24)11-19(21)32-23(27)26-22(29)16-8-13-6-4-5-7-14(13)9-18(16)30-2/h4-11H,3,12H2,1-2H3. The maximum atomic E-state index is 13.2. The number of esters is 1. The van der Waals surface area contributed by atoms with Gasteiger partial charge in [0.15, 0.2) is 4.80 Å². The Labute approximate surface area is 197 Å². The van der Waals surface area contributed by atoms with E-state index in [1.807, 2.05) is 24.3 Å². The van der Waals surface area contributed by atoms with Crippen LogP contribution in [-0.4, -0.2) is 30.2 Å². The Morgan fingerprint density at radius 2 is 1.81 bits per heavy atom. The van der Waals surface area contributed by atoms with E-state index in [1.165, 1.54) is 18.4 Å². The fraction of sp³-hybridized carbons (Fsp3) is 0.174. The SMILES string of the molecule is CCOC(=O)Cn1c(=NC(=O)c2cc3ccccc3cc2OC)sc2cc(Cl)cc(Cl)c21. The number of methoxy groups -OCH3 is 1. The zero-order valence-electron chi connectivity index (χ0n) is 17.2. The molecule has 1 heterocycles. The molecule has 0 aliphatic carbocycles. The third kappa shape index (κ3) is 4.37. The van der Waals surface area contributed by atoms with Crippen molar-refractivity contribution in [3.63, 3.8) is 0 Å². The molecule has 0 aliphatic heterocycles. The van der Waals surface area contributed by atoms with Crippen molar-refractivity contribution >= 4 is 67.4 Å². The molecule has 0 spiro atoms. The summed E-state index contributed by atoms with van der Waals surface area (Å²) < 4.78 is 12.8. The van der Waals surface area contributed by atoms with E-state index in [9.17, 15) is 9.59 Å². The molecule has 0 saturated carbocycles. The molecule has 0 saturated heterocycles. The lowest BCUT2D eigenvalue weighted by Crippen LogP contribution is -2.23. The van der Waals surface area contributed by atoms with Gasteiger partial charge in [-0.2, -0.15) is 4.99 Å². The summed E-state index contributed by atoms with van der Waals surface area (Å²) in [7, 11) is 1.50. The van der Waals surface area contributed by atoms with Gasteiger partial charge in [0.05, 0.1) is 34.5 Å². The summed E-state index contributed by atoms with van der Waals surface area (Å²) in [4.78, 5) is 30.1. The molecule has 0 N–H and O–H groups in total. The number of nitrogens with zero attached hydrogens (tertiary/aromatic N) is 2. The van der Waals surface area contributed by atoms with Gasteiger partial charge in [0, 0.05) is 5.02 Å². The summed E-state index contributed by atoms with van der Waals surface area (Å²) in [6.07, 6.45) is 0. The van der Waals surface area contributed by atoms with Gasteiger partial charge >= 0.3 is 5.97 Å². The molecule has 0 unspecified atom stereocenters. The lowest BCUT2D eigenvalue weighted by molar-refractivity contribution is -0.143. The molecule has 9 heteroatoms. The molecule has 4 aromatic rings. The second-order valence-electron chi connectivity index (χ2n) is 6.83. The highest BCUT2D eigenvalue weighted by Crippen LogP contribution is 2.30. The highest BCUT2D eigenvalue weighted by molar-refractivity contribution is 7.16. The van der Waals surface area contributed by atoms with Crippen LogP contribution in [0.25, 0.3) is 21.0 Å². The Morgan fingerprint density at radius 3 is 2.50 bits per heavy atom. The van der Waals surface area contributed by atoms with Crippen molar-refractivity contribution in [2.75, 3.05) is 13.7 Å². The van der Waals surface area contributed by atoms with Crippen molar-refractivity contribution in [2.24, 2.45) is 4.99 Å². The van der Waals surface area contributed by atoms with E-state index in [-0.39, 0.29) is 13.2 Å². The smallest absolute Gasteiger partial charge is 0.326 e. The number of amides is 1. The van der Waals surface area contributed by atoms with Gasteiger partial charge in [0.25, 0.3) is 5.91 Å². The minimum atomic E-state index is -0.501. The summed E-state index contributed by atoms with van der Waals surface area (Å²) in [5.74, 6) is -0.550. The molecule has 0 atom stereocenters. The second kappa shape index (κ2) is 9.32. The monoisotopic (exact) mass is 488 g/mol. The molecule has 1 aromatic heterocycles. The van der Waals surface area contributed by atoms with Crippen molar-refractivity contribution in [1.29, 1.82) is 0 Å². The second-order valence-corrected chi connectivity index (χ2v) is 8.68. The van der Waals surface area contributed by atoms with Gasteiger partial charge < -0.3 is 14.0 Å². The summed E-state index contributed by atoms with van der Waals surface area (Å²) in [6, 6.07) is 14.5. The van der Waals surface area contributed by atoms with Crippen LogP contribution in [0.5, 0.6) is 5.75 Å². The van der Waals surface area contributed by atoms with E-state index in [1.54, 1.807) is 35.8 Å². The maximum absolute atomic E-state index is 13.2. The molecule has 0 bridgehead atoms. The average molecular weight is 489 g/mol. The number of aromatic nitrogens is 1. The van der Waals surface area contributed by atoms with Crippen LogP contribution in [0.1, 0.15) is 17.3 Å². The number of carbonyl (C=O) groups is 2. The number of ether oxygens (including phenoxy) is 2. The first-order chi connectivity index (χ1) is 15.4. The predicted molar refractivity (Wildman–Crippen MR) is 127 cm³/mol. The first-order valence-corrected chi connectivity index (χ1v) is 11.3. The summed E-state index contributed by atoms with van der Waals surface area (Å²) in [6.45, 7) is 1.82. The van der Waals surface area contributed by atoms with Crippen LogP contribution in [0.15, 0.2) is 53.5 Å². The summed E-state index contributed by atoms with van der Waals surface area (Å²) in [5, 5.41) is 2.63. The van der Waals surface area contributed by atoms with E-state index >= 15 is 0 Å². The molecule has 6 nitrogen and oxygen atoms in total. The van der Waals surface area contributed by atoms with Crippen LogP contribution in [-0.2, 0) is 16.1 Å². The van der Waals surface area contributed by atoms with Crippen LogP contribution in [0.2, 0.25) is 10.0 Å². The van der Waals surface area contributed by atoms with Gasteiger partial charge in [-0.05, 0) is 42.0 Å². The number of hydrogen-bond donors (Lipinski definition) is 0. The van der Waals surface area contributed by atoms with E-state index in [4.69, 9.17) is 32.7 Å². The topological polar surface area (TPSA) is 69.9 Å². The molecular formula is C23H18Cl2N2O4S. The third-order valence-electron chi connectivity index (χ3n) is 4.78. The van der Waals surface area contributed by atoms with Crippen LogP contribution in [0.4, 0.5) is 0 Å². The van der Waals surface area contributed by atoms with Crippen LogP contribution >= 0.6 is 34.5 Å². The normalized spacial score (nSPS) is 11.8. The molecule has 0 fully saturated rings. The van der Waals surface area contributed by atoms with Crippen molar-refractivity contribution in [2.45, 2.75) is 13.5 Å². The Bertz CT molecular complexity index is 1430. The quantitative estimate of drug-likeness (QED) is 0.349. The molecule has 1 amide bonds. The Morgan fingerprint density at radius 1 is 1.09 bits per heavy atom. The van der Waals surface area contributed by atoms with Crippen molar-refractivity contribution < 1.29 is 19.1 Å². The summed E-state index contributed by atoms with van der Waals surface area (Å²) >= 11 is 13.8. The predicted octanol–water partition coefficient (Wildman–Crippen LogP) is 5.48. The molecular weight excluding hydrogens is 471 g/mol. The fourth-order valence-electron chi connectivity index (χ4n) is 3.40. The number of fused-ring (bicyclic) bond motifs is 2. The number of benzene rings is 3. The van der Waals surface area contributed by atoms with Crippen molar-refractivity contribution in [1.82, 2.24) is 4.57 Å².